The topological polar surface area (TPSA) is 132 Å². The molecular formula is C14H26ClN3O7. The molecule has 1 aliphatic rings. The third-order valence-electron chi connectivity index (χ3n) is 3.97. The molecule has 0 radical (unpaired) electrons. The SMILES string of the molecule is CCCCN(C[C@H]1O[C@H](OC)[C@H](O)[C@@H](O)[C@@H]1O)C(=O)N(CCCl)N=O. The summed E-state index contributed by atoms with van der Waals surface area (Å²) in [4.78, 5) is 24.6. The Morgan fingerprint density at radius 1 is 1.24 bits per heavy atom. The number of amides is 2. The van der Waals surface area contributed by atoms with Gasteiger partial charge in [-0.2, -0.15) is 5.01 Å². The van der Waals surface area contributed by atoms with Crippen molar-refractivity contribution in [2.45, 2.75) is 50.5 Å². The number of carbonyl (C=O) groups excluding carboxylic acids is 1. The Kier molecular flexibility index (Phi) is 9.54. The lowest BCUT2D eigenvalue weighted by molar-refractivity contribution is -0.290. The first-order valence-electron chi connectivity index (χ1n) is 8.09. The number of unbranched alkanes of at least 4 members (excludes halogenated alkanes) is 1. The summed E-state index contributed by atoms with van der Waals surface area (Å²) < 4.78 is 10.4. The molecule has 25 heavy (non-hydrogen) atoms. The summed E-state index contributed by atoms with van der Waals surface area (Å²) in [6.45, 7) is 2.07. The second-order valence-electron chi connectivity index (χ2n) is 5.73. The van der Waals surface area contributed by atoms with Gasteiger partial charge >= 0.3 is 6.03 Å². The minimum atomic E-state index is -1.49. The van der Waals surface area contributed by atoms with Crippen LogP contribution in [-0.2, 0) is 9.47 Å². The van der Waals surface area contributed by atoms with E-state index in [1.165, 1.54) is 12.0 Å². The lowest BCUT2D eigenvalue weighted by Crippen LogP contribution is -2.61. The Labute approximate surface area is 151 Å². The molecule has 0 spiro atoms. The van der Waals surface area contributed by atoms with Crippen LogP contribution in [0.3, 0.4) is 0 Å². The Morgan fingerprint density at radius 2 is 1.92 bits per heavy atom. The fraction of sp³-hybridized carbons (Fsp3) is 0.929. The molecule has 0 unspecified atom stereocenters. The normalized spacial score (nSPS) is 29.3. The quantitative estimate of drug-likeness (QED) is 0.287. The number of aliphatic hydroxyl groups excluding tert-OH is 3. The van der Waals surface area contributed by atoms with Gasteiger partial charge in [-0.25, -0.2) is 4.79 Å². The molecule has 0 aliphatic carbocycles. The first-order valence-corrected chi connectivity index (χ1v) is 8.62. The molecule has 0 aromatic heterocycles. The molecule has 1 aliphatic heterocycles. The van der Waals surface area contributed by atoms with E-state index in [0.29, 0.717) is 18.0 Å². The standard InChI is InChI=1S/C14H26ClN3O7/c1-3-4-6-17(14(22)18(16-23)7-5-15)8-9-10(19)11(20)12(21)13(24-2)25-9/h9-13,19-21H,3-8H2,1-2H3/t9-,10-,11+,12-,13+/m1/s1. The molecule has 1 fully saturated rings. The van der Waals surface area contributed by atoms with Gasteiger partial charge in [-0.05, 0) is 6.42 Å². The van der Waals surface area contributed by atoms with Crippen LogP contribution in [-0.4, -0.2) is 94.6 Å². The Hall–Kier alpha value is -1.04. The molecular weight excluding hydrogens is 358 g/mol. The Bertz CT molecular complexity index is 429. The van der Waals surface area contributed by atoms with Gasteiger partial charge in [-0.1, -0.05) is 13.3 Å². The molecule has 5 atom stereocenters. The molecule has 146 valence electrons. The van der Waals surface area contributed by atoms with Gasteiger partial charge in [0.1, 0.15) is 24.4 Å². The van der Waals surface area contributed by atoms with Crippen molar-refractivity contribution in [1.82, 2.24) is 9.91 Å². The van der Waals surface area contributed by atoms with Crippen molar-refractivity contribution in [1.29, 1.82) is 0 Å². The van der Waals surface area contributed by atoms with Crippen molar-refractivity contribution < 1.29 is 29.6 Å². The highest BCUT2D eigenvalue weighted by Gasteiger charge is 2.45. The van der Waals surface area contributed by atoms with Crippen molar-refractivity contribution in [3.63, 3.8) is 0 Å². The molecule has 1 rings (SSSR count). The van der Waals surface area contributed by atoms with Crippen LogP contribution in [0.5, 0.6) is 0 Å². The molecule has 1 saturated heterocycles. The van der Waals surface area contributed by atoms with Crippen LogP contribution in [0.2, 0.25) is 0 Å². The maximum atomic E-state index is 12.5. The van der Waals surface area contributed by atoms with E-state index in [4.69, 9.17) is 21.1 Å². The molecule has 11 heteroatoms. The molecule has 0 bridgehead atoms. The number of halogens is 1. The minimum Gasteiger partial charge on any atom is -0.388 e. The fourth-order valence-electron chi connectivity index (χ4n) is 2.51. The maximum absolute atomic E-state index is 12.5. The number of methoxy groups -OCH3 is 1. The van der Waals surface area contributed by atoms with Crippen LogP contribution in [0.25, 0.3) is 0 Å². The predicted octanol–water partition coefficient (Wildman–Crippen LogP) is -0.115. The number of nitrogens with zero attached hydrogens (tertiary/aromatic N) is 3. The number of rotatable bonds is 9. The summed E-state index contributed by atoms with van der Waals surface area (Å²) in [5, 5.41) is 33.2. The van der Waals surface area contributed by atoms with Crippen molar-refractivity contribution in [3.8, 4) is 0 Å². The minimum absolute atomic E-state index is 0.0400. The van der Waals surface area contributed by atoms with E-state index in [1.807, 2.05) is 6.92 Å². The van der Waals surface area contributed by atoms with Crippen molar-refractivity contribution in [2.24, 2.45) is 5.29 Å². The highest BCUT2D eigenvalue weighted by atomic mass is 35.5. The van der Waals surface area contributed by atoms with E-state index in [0.717, 1.165) is 6.42 Å². The number of urea groups is 1. The van der Waals surface area contributed by atoms with Gasteiger partial charge in [0.2, 0.25) is 0 Å². The molecule has 0 aromatic rings. The lowest BCUT2D eigenvalue weighted by atomic mass is 9.98. The average molecular weight is 384 g/mol. The van der Waals surface area contributed by atoms with E-state index in [-0.39, 0.29) is 19.0 Å². The molecule has 2 amide bonds. The van der Waals surface area contributed by atoms with Gasteiger partial charge in [0.15, 0.2) is 6.29 Å². The van der Waals surface area contributed by atoms with Gasteiger partial charge in [-0.3, -0.25) is 0 Å². The second-order valence-corrected chi connectivity index (χ2v) is 6.10. The number of carbonyl (C=O) groups is 1. The maximum Gasteiger partial charge on any atom is 0.343 e. The lowest BCUT2D eigenvalue weighted by Gasteiger charge is -2.41. The van der Waals surface area contributed by atoms with Crippen molar-refractivity contribution in [3.05, 3.63) is 4.91 Å². The van der Waals surface area contributed by atoms with Crippen LogP contribution in [0, 0.1) is 4.91 Å². The summed E-state index contributed by atoms with van der Waals surface area (Å²) in [6, 6.07) is -0.672. The molecule has 0 aromatic carbocycles. The number of nitroso groups, excluding NO2 is 1. The van der Waals surface area contributed by atoms with Gasteiger partial charge in [0.05, 0.1) is 18.4 Å². The van der Waals surface area contributed by atoms with Crippen LogP contribution in [0.1, 0.15) is 19.8 Å². The number of hydrogen-bond acceptors (Lipinski definition) is 8. The summed E-state index contributed by atoms with van der Waals surface area (Å²) in [6.07, 6.45) is -5.03. The molecule has 3 N–H and O–H groups in total. The third kappa shape index (κ3) is 5.73. The Balaban J connectivity index is 2.88. The number of ether oxygens (including phenoxy) is 2. The Morgan fingerprint density at radius 3 is 2.44 bits per heavy atom. The first-order chi connectivity index (χ1) is 11.9. The second kappa shape index (κ2) is 10.8. The summed E-state index contributed by atoms with van der Waals surface area (Å²) >= 11 is 5.56. The zero-order valence-corrected chi connectivity index (χ0v) is 15.1. The number of alkyl halides is 1. The summed E-state index contributed by atoms with van der Waals surface area (Å²) in [5.74, 6) is 0.0400. The van der Waals surface area contributed by atoms with Gasteiger partial charge in [-0.15, -0.1) is 16.5 Å². The van der Waals surface area contributed by atoms with Crippen LogP contribution >= 0.6 is 11.6 Å². The molecule has 0 saturated carbocycles. The first kappa shape index (κ1) is 22.0. The number of aliphatic hydroxyl groups is 3. The van der Waals surface area contributed by atoms with Crippen LogP contribution in [0.4, 0.5) is 4.79 Å². The van der Waals surface area contributed by atoms with Gasteiger partial charge in [0.25, 0.3) is 0 Å². The monoisotopic (exact) mass is 383 g/mol. The zero-order valence-electron chi connectivity index (χ0n) is 14.3. The molecule has 10 nitrogen and oxygen atoms in total. The van der Waals surface area contributed by atoms with E-state index in [2.05, 4.69) is 5.29 Å². The molecule has 1 heterocycles. The zero-order chi connectivity index (χ0) is 19.0. The van der Waals surface area contributed by atoms with Crippen LogP contribution in [0.15, 0.2) is 5.29 Å². The van der Waals surface area contributed by atoms with Crippen molar-refractivity contribution in [2.75, 3.05) is 32.6 Å². The third-order valence-corrected chi connectivity index (χ3v) is 4.14. The number of hydrogen-bond donors (Lipinski definition) is 3. The van der Waals surface area contributed by atoms with Crippen molar-refractivity contribution >= 4 is 17.6 Å². The van der Waals surface area contributed by atoms with Crippen LogP contribution < -0.4 is 0 Å². The average Bonchev–Trinajstić information content (AvgIpc) is 2.62. The van der Waals surface area contributed by atoms with E-state index in [1.54, 1.807) is 0 Å². The van der Waals surface area contributed by atoms with Gasteiger partial charge < -0.3 is 29.7 Å². The van der Waals surface area contributed by atoms with E-state index < -0.39 is 36.7 Å². The summed E-state index contributed by atoms with van der Waals surface area (Å²) in [5.41, 5.74) is 0. The largest absolute Gasteiger partial charge is 0.388 e. The van der Waals surface area contributed by atoms with Gasteiger partial charge in [0, 0.05) is 19.5 Å². The highest BCUT2D eigenvalue weighted by molar-refractivity contribution is 6.18. The predicted molar refractivity (Wildman–Crippen MR) is 88.8 cm³/mol. The van der Waals surface area contributed by atoms with E-state index >= 15 is 0 Å². The fourth-order valence-corrected chi connectivity index (χ4v) is 2.67. The summed E-state index contributed by atoms with van der Waals surface area (Å²) in [7, 11) is 1.29. The smallest absolute Gasteiger partial charge is 0.343 e. The van der Waals surface area contributed by atoms with E-state index in [9.17, 15) is 25.0 Å². The highest BCUT2D eigenvalue weighted by Crippen LogP contribution is 2.23.